The smallest absolute Gasteiger partial charge is 0.0998 e. The van der Waals surface area contributed by atoms with Gasteiger partial charge < -0.3 is 0 Å². The second kappa shape index (κ2) is 8.67. The molecule has 40 heavy (non-hydrogen) atoms. The first-order chi connectivity index (χ1) is 19.8. The fraction of sp³-hybridized carbons (Fsp3) is 0.0513. The highest BCUT2D eigenvalue weighted by atomic mass is 14.5. The zero-order valence-electron chi connectivity index (χ0n) is 21.9. The molecule has 0 fully saturated rings. The van der Waals surface area contributed by atoms with Crippen molar-refractivity contribution in [3.8, 4) is 28.3 Å². The molecule has 186 valence electrons. The van der Waals surface area contributed by atoms with Gasteiger partial charge in [-0.15, -0.1) is 0 Å². The average molecular weight is 508 g/mol. The summed E-state index contributed by atoms with van der Waals surface area (Å²) in [6, 6.07) is 54.9. The molecule has 0 radical (unpaired) electrons. The maximum Gasteiger partial charge on any atom is 0.0998 e. The van der Waals surface area contributed by atoms with Crippen LogP contribution in [-0.2, 0) is 5.41 Å². The van der Waals surface area contributed by atoms with E-state index in [1.165, 1.54) is 50.1 Å². The van der Waals surface area contributed by atoms with Crippen molar-refractivity contribution in [3.05, 3.63) is 190 Å². The largest absolute Gasteiger partial charge is 0.192 e. The number of hydrogen-bond acceptors (Lipinski definition) is 1. The van der Waals surface area contributed by atoms with Gasteiger partial charge in [0.1, 0.15) is 0 Å². The Hall–Kier alpha value is -5.19. The molecule has 0 atom stereocenters. The Balaban J connectivity index is 1.48. The van der Waals surface area contributed by atoms with Crippen molar-refractivity contribution in [1.82, 2.24) is 0 Å². The summed E-state index contributed by atoms with van der Waals surface area (Å²) in [5.41, 5.74) is 14.2. The van der Waals surface area contributed by atoms with Crippen molar-refractivity contribution in [2.24, 2.45) is 0 Å². The van der Waals surface area contributed by atoms with E-state index in [1.807, 2.05) is 24.3 Å². The second-order valence-corrected chi connectivity index (χ2v) is 10.7. The standard InChI is InChI=1S/C39H25N/c40-25-28-14-4-5-15-29(28)27-22-23-37-33(24-27)30-16-6-9-19-34(30)39(37)35-20-10-7-17-31(35)38(26-12-2-1-3-13-26)32-18-8-11-21-36(32)39/h1-24,38H. The van der Waals surface area contributed by atoms with Gasteiger partial charge in [-0.3, -0.25) is 0 Å². The molecule has 0 aliphatic heterocycles. The summed E-state index contributed by atoms with van der Waals surface area (Å²) in [5, 5.41) is 9.82. The van der Waals surface area contributed by atoms with E-state index in [-0.39, 0.29) is 5.92 Å². The van der Waals surface area contributed by atoms with Crippen LogP contribution < -0.4 is 0 Å². The topological polar surface area (TPSA) is 23.8 Å². The first kappa shape index (κ1) is 22.8. The molecule has 1 nitrogen and oxygen atoms in total. The maximum atomic E-state index is 9.82. The van der Waals surface area contributed by atoms with Crippen LogP contribution in [0.25, 0.3) is 22.3 Å². The van der Waals surface area contributed by atoms with E-state index in [2.05, 4.69) is 127 Å². The molecule has 0 unspecified atom stereocenters. The fourth-order valence-corrected chi connectivity index (χ4v) is 7.36. The molecule has 0 amide bonds. The minimum absolute atomic E-state index is 0.164. The van der Waals surface area contributed by atoms with Gasteiger partial charge in [0.2, 0.25) is 0 Å². The summed E-state index contributed by atoms with van der Waals surface area (Å²) in [4.78, 5) is 0. The Kier molecular flexibility index (Phi) is 4.93. The molecule has 0 saturated heterocycles. The predicted molar refractivity (Wildman–Crippen MR) is 161 cm³/mol. The van der Waals surface area contributed by atoms with Gasteiger partial charge in [0.25, 0.3) is 0 Å². The van der Waals surface area contributed by atoms with E-state index in [9.17, 15) is 5.26 Å². The van der Waals surface area contributed by atoms with Crippen LogP contribution in [-0.4, -0.2) is 0 Å². The number of nitriles is 1. The highest BCUT2D eigenvalue weighted by molar-refractivity contribution is 5.91. The summed E-state index contributed by atoms with van der Waals surface area (Å²) in [6.45, 7) is 0. The Morgan fingerprint density at radius 2 is 1.02 bits per heavy atom. The molecule has 2 aliphatic rings. The Bertz CT molecular complexity index is 1930. The Morgan fingerprint density at radius 3 is 1.73 bits per heavy atom. The highest BCUT2D eigenvalue weighted by Gasteiger charge is 2.51. The van der Waals surface area contributed by atoms with Crippen molar-refractivity contribution < 1.29 is 0 Å². The van der Waals surface area contributed by atoms with Crippen molar-refractivity contribution in [2.75, 3.05) is 0 Å². The average Bonchev–Trinajstić information content (AvgIpc) is 3.32. The summed E-state index contributed by atoms with van der Waals surface area (Å²) >= 11 is 0. The van der Waals surface area contributed by atoms with Crippen LogP contribution in [0.4, 0.5) is 0 Å². The van der Waals surface area contributed by atoms with Gasteiger partial charge in [0.15, 0.2) is 0 Å². The first-order valence-corrected chi connectivity index (χ1v) is 13.8. The lowest BCUT2D eigenvalue weighted by Gasteiger charge is -2.43. The summed E-state index contributed by atoms with van der Waals surface area (Å²) in [7, 11) is 0. The number of nitrogens with zero attached hydrogens (tertiary/aromatic N) is 1. The van der Waals surface area contributed by atoms with E-state index in [1.54, 1.807) is 0 Å². The van der Waals surface area contributed by atoms with Gasteiger partial charge in [0.05, 0.1) is 17.0 Å². The summed E-state index contributed by atoms with van der Waals surface area (Å²) in [6.07, 6.45) is 0. The maximum absolute atomic E-state index is 9.82. The SMILES string of the molecule is N#Cc1ccccc1-c1ccc2c(c1)-c1ccccc1C21c2ccccc2C(c2ccccc2)c2ccccc21. The van der Waals surface area contributed by atoms with Crippen LogP contribution >= 0.6 is 0 Å². The predicted octanol–water partition coefficient (Wildman–Crippen LogP) is 9.08. The third-order valence-electron chi connectivity index (χ3n) is 8.89. The van der Waals surface area contributed by atoms with E-state index in [0.717, 1.165) is 11.1 Å². The quantitative estimate of drug-likeness (QED) is 0.229. The van der Waals surface area contributed by atoms with E-state index < -0.39 is 5.41 Å². The zero-order chi connectivity index (χ0) is 26.7. The van der Waals surface area contributed by atoms with Gasteiger partial charge in [-0.25, -0.2) is 0 Å². The summed E-state index contributed by atoms with van der Waals surface area (Å²) in [5.74, 6) is 0.164. The van der Waals surface area contributed by atoms with Crippen LogP contribution in [0.3, 0.4) is 0 Å². The number of fused-ring (bicyclic) bond motifs is 9. The molecule has 0 N–H and O–H groups in total. The lowest BCUT2D eigenvalue weighted by molar-refractivity contribution is 0.697. The third-order valence-corrected chi connectivity index (χ3v) is 8.89. The molecule has 1 spiro atoms. The molecule has 0 saturated carbocycles. The van der Waals surface area contributed by atoms with Crippen LogP contribution in [0.15, 0.2) is 146 Å². The number of rotatable bonds is 2. The first-order valence-electron chi connectivity index (χ1n) is 13.8. The molecule has 0 bridgehead atoms. The second-order valence-electron chi connectivity index (χ2n) is 10.7. The fourth-order valence-electron chi connectivity index (χ4n) is 7.36. The molecular weight excluding hydrogens is 482 g/mol. The van der Waals surface area contributed by atoms with Crippen LogP contribution in [0.2, 0.25) is 0 Å². The molecule has 6 aromatic carbocycles. The van der Waals surface area contributed by atoms with Crippen molar-refractivity contribution >= 4 is 0 Å². The van der Waals surface area contributed by atoms with E-state index in [0.29, 0.717) is 5.56 Å². The molecule has 8 rings (SSSR count). The third kappa shape index (κ3) is 2.97. The van der Waals surface area contributed by atoms with Crippen molar-refractivity contribution in [3.63, 3.8) is 0 Å². The zero-order valence-corrected chi connectivity index (χ0v) is 21.9. The molecule has 6 aromatic rings. The molecular formula is C39H25N. The molecule has 0 aromatic heterocycles. The Morgan fingerprint density at radius 1 is 0.475 bits per heavy atom. The van der Waals surface area contributed by atoms with E-state index >= 15 is 0 Å². The van der Waals surface area contributed by atoms with Gasteiger partial charge in [-0.05, 0) is 73.3 Å². The van der Waals surface area contributed by atoms with E-state index in [4.69, 9.17) is 0 Å². The normalized spacial score (nSPS) is 17.8. The molecule has 2 aliphatic carbocycles. The van der Waals surface area contributed by atoms with Gasteiger partial charge in [-0.1, -0.05) is 133 Å². The van der Waals surface area contributed by atoms with Gasteiger partial charge in [-0.2, -0.15) is 5.26 Å². The minimum Gasteiger partial charge on any atom is -0.192 e. The minimum atomic E-state index is -0.419. The number of benzene rings is 6. The monoisotopic (exact) mass is 507 g/mol. The van der Waals surface area contributed by atoms with Crippen LogP contribution in [0.5, 0.6) is 0 Å². The van der Waals surface area contributed by atoms with Crippen molar-refractivity contribution in [2.45, 2.75) is 11.3 Å². The number of hydrogen-bond donors (Lipinski definition) is 0. The highest BCUT2D eigenvalue weighted by Crippen LogP contribution is 2.62. The molecule has 0 heterocycles. The lowest BCUT2D eigenvalue weighted by Crippen LogP contribution is -2.35. The van der Waals surface area contributed by atoms with Gasteiger partial charge >= 0.3 is 0 Å². The lowest BCUT2D eigenvalue weighted by atomic mass is 9.58. The Labute approximate surface area is 234 Å². The molecule has 1 heteroatoms. The van der Waals surface area contributed by atoms with Crippen molar-refractivity contribution in [1.29, 1.82) is 5.26 Å². The van der Waals surface area contributed by atoms with Crippen LogP contribution in [0.1, 0.15) is 50.4 Å². The van der Waals surface area contributed by atoms with Crippen LogP contribution in [0, 0.1) is 11.3 Å². The van der Waals surface area contributed by atoms with Gasteiger partial charge in [0, 0.05) is 5.92 Å². The summed E-state index contributed by atoms with van der Waals surface area (Å²) < 4.78 is 0.